The van der Waals surface area contributed by atoms with Gasteiger partial charge < -0.3 is 29.2 Å². The van der Waals surface area contributed by atoms with Crippen molar-refractivity contribution < 1.29 is 19.1 Å². The lowest BCUT2D eigenvalue weighted by Crippen LogP contribution is -2.54. The van der Waals surface area contributed by atoms with E-state index in [-0.39, 0.29) is 41.3 Å². The zero-order chi connectivity index (χ0) is 34.9. The molecule has 5 aliphatic rings. The molecule has 0 radical (unpaired) electrons. The molecule has 3 amide bonds. The summed E-state index contributed by atoms with van der Waals surface area (Å²) in [4.78, 5) is 65.7. The van der Waals surface area contributed by atoms with Gasteiger partial charge in [-0.2, -0.15) is 5.10 Å². The van der Waals surface area contributed by atoms with Crippen molar-refractivity contribution in [3.05, 3.63) is 57.3 Å². The zero-order valence-electron chi connectivity index (χ0n) is 29.2. The number of carbonyl (C=O) groups excluding carboxylic acids is 3. The summed E-state index contributed by atoms with van der Waals surface area (Å²) in [7, 11) is 2.06. The number of ether oxygens (including phenoxy) is 1. The molecule has 1 aromatic heterocycles. The lowest BCUT2D eigenvalue weighted by atomic mass is 9.85. The zero-order valence-corrected chi connectivity index (χ0v) is 30.0. The van der Waals surface area contributed by atoms with Crippen LogP contribution in [-0.2, 0) is 19.1 Å². The molecule has 0 bridgehead atoms. The van der Waals surface area contributed by atoms with E-state index in [1.54, 1.807) is 6.07 Å². The molecule has 1 unspecified atom stereocenters. The molecule has 4 saturated heterocycles. The summed E-state index contributed by atoms with van der Waals surface area (Å²) in [6.07, 6.45) is 5.47. The maximum Gasteiger partial charge on any atom is 0.264 e. The van der Waals surface area contributed by atoms with Crippen LogP contribution in [0.1, 0.15) is 63.4 Å². The predicted molar refractivity (Wildman–Crippen MR) is 190 cm³/mol. The Bertz CT molecular complexity index is 1560. The van der Waals surface area contributed by atoms with Crippen LogP contribution >= 0.6 is 11.6 Å². The van der Waals surface area contributed by atoms with Crippen LogP contribution in [0.5, 0.6) is 0 Å². The van der Waals surface area contributed by atoms with E-state index in [4.69, 9.17) is 16.3 Å². The highest BCUT2D eigenvalue weighted by molar-refractivity contribution is 6.30. The number of anilines is 1. The summed E-state index contributed by atoms with van der Waals surface area (Å²) in [5.74, 6) is 0.418. The van der Waals surface area contributed by atoms with Crippen LogP contribution in [0, 0.1) is 11.8 Å². The largest absolute Gasteiger partial charge is 0.368 e. The number of piperazine rings is 1. The Kier molecular flexibility index (Phi) is 10.5. The van der Waals surface area contributed by atoms with Crippen LogP contribution in [-0.4, -0.2) is 131 Å². The number of aromatic nitrogens is 2. The van der Waals surface area contributed by atoms with E-state index in [1.165, 1.54) is 6.07 Å². The van der Waals surface area contributed by atoms with Gasteiger partial charge in [0.15, 0.2) is 0 Å². The van der Waals surface area contributed by atoms with Crippen molar-refractivity contribution >= 4 is 35.1 Å². The number of halogens is 1. The minimum atomic E-state index is -0.663. The Labute approximate surface area is 299 Å². The van der Waals surface area contributed by atoms with E-state index in [9.17, 15) is 14.4 Å². The van der Waals surface area contributed by atoms with Crippen molar-refractivity contribution in [2.75, 3.05) is 64.4 Å². The molecule has 5 atom stereocenters. The Morgan fingerprint density at radius 2 is 1.64 bits per heavy atom. The molecule has 4 aliphatic heterocycles. The van der Waals surface area contributed by atoms with Gasteiger partial charge in [0.2, 0.25) is 11.8 Å². The molecule has 12 nitrogen and oxygen atoms in total. The molecule has 0 spiro atoms. The Hall–Kier alpha value is -3.48. The molecule has 1 aromatic carbocycles. The van der Waals surface area contributed by atoms with Gasteiger partial charge in [-0.15, -0.1) is 0 Å². The Morgan fingerprint density at radius 3 is 2.30 bits per heavy atom. The normalized spacial score (nSPS) is 30.5. The number of benzene rings is 1. The van der Waals surface area contributed by atoms with E-state index in [0.717, 1.165) is 50.8 Å². The van der Waals surface area contributed by atoms with Gasteiger partial charge in [-0.05, 0) is 81.7 Å². The van der Waals surface area contributed by atoms with Crippen LogP contribution < -0.4 is 10.5 Å². The fraction of sp³-hybridized carbons (Fsp3) is 0.649. The number of nitrogens with one attached hydrogen (secondary N) is 1. The highest BCUT2D eigenvalue weighted by Gasteiger charge is 2.51. The lowest BCUT2D eigenvalue weighted by Gasteiger charge is -2.41. The maximum absolute atomic E-state index is 15.1. The molecule has 7 rings (SSSR count). The van der Waals surface area contributed by atoms with Gasteiger partial charge in [0.05, 0.1) is 12.0 Å². The third-order valence-corrected chi connectivity index (χ3v) is 12.1. The molecular weight excluding hydrogens is 658 g/mol. The minimum Gasteiger partial charge on any atom is -0.368 e. The van der Waals surface area contributed by atoms with Crippen molar-refractivity contribution in [3.63, 3.8) is 0 Å². The summed E-state index contributed by atoms with van der Waals surface area (Å²) < 4.78 is 5.94. The predicted octanol–water partition coefficient (Wildman–Crippen LogP) is 2.97. The number of hydrogen-bond acceptors (Lipinski definition) is 8. The second-order valence-corrected chi connectivity index (χ2v) is 15.6. The highest BCUT2D eigenvalue weighted by atomic mass is 35.5. The molecular formula is C37H50ClN7O5. The third-order valence-electron chi connectivity index (χ3n) is 11.8. The van der Waals surface area contributed by atoms with Crippen molar-refractivity contribution in [2.45, 2.75) is 82.0 Å². The molecule has 1 N–H and O–H groups in total. The average Bonchev–Trinajstić information content (AvgIpc) is 3.91. The molecule has 5 fully saturated rings. The van der Waals surface area contributed by atoms with Gasteiger partial charge in [0, 0.05) is 75.5 Å². The minimum absolute atomic E-state index is 0.0161. The summed E-state index contributed by atoms with van der Waals surface area (Å²) in [5, 5.41) is 7.41. The van der Waals surface area contributed by atoms with Gasteiger partial charge in [-0.1, -0.05) is 30.7 Å². The summed E-state index contributed by atoms with van der Waals surface area (Å²) in [6, 6.07) is 9.84. The highest BCUT2D eigenvalue weighted by Crippen LogP contribution is 2.40. The standard InChI is InChI=1S/C37H50ClN7O5/c1-24-5-11-27(12-6-24)45(37(49)32-4-3-19-50-32)28-20-31(36(48)42-17-15-41(2)16-18-42)44(21-28)35(47)30-23-43(33-13-14-34(46)40-39-33)22-29(30)25-7-9-26(38)10-8-25/h7-10,13-14,24,27-32H,3-6,11-12,15-23H2,1-2H3,(H,40,46)/t24?,27?,28-,29-,30+,31-,32?/m0/s1. The number of hydrogen-bond donors (Lipinski definition) is 1. The number of amides is 3. The molecule has 2 aromatic rings. The number of aromatic amines is 1. The average molecular weight is 708 g/mol. The van der Waals surface area contributed by atoms with E-state index < -0.39 is 18.1 Å². The van der Waals surface area contributed by atoms with E-state index in [0.29, 0.717) is 68.9 Å². The second-order valence-electron chi connectivity index (χ2n) is 15.1. The first-order chi connectivity index (χ1) is 24.2. The second kappa shape index (κ2) is 15.0. The SMILES string of the molecule is CC1CCC(N(C(=O)C2CCCO2)[C@H]2C[C@@H](C(=O)N3CCN(C)CC3)N(C(=O)[C@@H]3CN(c4ccc(=O)[nH]n4)C[C@H]3c3ccc(Cl)cc3)C2)CC1. The van der Waals surface area contributed by atoms with Crippen molar-refractivity contribution in [2.24, 2.45) is 11.8 Å². The molecule has 5 heterocycles. The molecule has 270 valence electrons. The monoisotopic (exact) mass is 707 g/mol. The molecule has 1 aliphatic carbocycles. The van der Waals surface area contributed by atoms with Crippen molar-refractivity contribution in [1.29, 1.82) is 0 Å². The summed E-state index contributed by atoms with van der Waals surface area (Å²) >= 11 is 6.27. The van der Waals surface area contributed by atoms with Crippen LogP contribution in [0.3, 0.4) is 0 Å². The van der Waals surface area contributed by atoms with Gasteiger partial charge in [0.1, 0.15) is 18.0 Å². The van der Waals surface area contributed by atoms with Crippen LogP contribution in [0.15, 0.2) is 41.2 Å². The molecule has 13 heteroatoms. The Morgan fingerprint density at radius 1 is 0.900 bits per heavy atom. The lowest BCUT2D eigenvalue weighted by molar-refractivity contribution is -0.148. The third kappa shape index (κ3) is 7.29. The topological polar surface area (TPSA) is 122 Å². The number of carbonyl (C=O) groups is 3. The smallest absolute Gasteiger partial charge is 0.264 e. The molecule has 50 heavy (non-hydrogen) atoms. The van der Waals surface area contributed by atoms with Crippen molar-refractivity contribution in [3.8, 4) is 0 Å². The number of likely N-dealkylation sites (tertiary alicyclic amines) is 1. The van der Waals surface area contributed by atoms with E-state index in [1.807, 2.05) is 39.0 Å². The van der Waals surface area contributed by atoms with Crippen LogP contribution in [0.2, 0.25) is 5.02 Å². The first-order valence-electron chi connectivity index (χ1n) is 18.4. The number of H-pyrrole nitrogens is 1. The molecule has 1 saturated carbocycles. The first kappa shape index (κ1) is 34.9. The first-order valence-corrected chi connectivity index (χ1v) is 18.8. The number of rotatable bonds is 7. The number of nitrogens with zero attached hydrogens (tertiary/aromatic N) is 6. The fourth-order valence-electron chi connectivity index (χ4n) is 8.86. The maximum atomic E-state index is 15.1. The quantitative estimate of drug-likeness (QED) is 0.467. The summed E-state index contributed by atoms with van der Waals surface area (Å²) in [6.45, 7) is 6.84. The fourth-order valence-corrected chi connectivity index (χ4v) is 8.99. The van der Waals surface area contributed by atoms with Crippen LogP contribution in [0.4, 0.5) is 5.82 Å². The van der Waals surface area contributed by atoms with Crippen molar-refractivity contribution in [1.82, 2.24) is 29.8 Å². The van der Waals surface area contributed by atoms with Gasteiger partial charge >= 0.3 is 0 Å². The number of likely N-dealkylation sites (N-methyl/N-ethyl adjacent to an activating group) is 1. The van der Waals surface area contributed by atoms with E-state index >= 15 is 4.79 Å². The Balaban J connectivity index is 1.22. The van der Waals surface area contributed by atoms with Gasteiger partial charge in [0.25, 0.3) is 11.5 Å². The van der Waals surface area contributed by atoms with Gasteiger partial charge in [-0.25, -0.2) is 5.10 Å². The van der Waals surface area contributed by atoms with Gasteiger partial charge in [-0.3, -0.25) is 19.2 Å². The van der Waals surface area contributed by atoms with E-state index in [2.05, 4.69) is 34.0 Å². The van der Waals surface area contributed by atoms with Crippen LogP contribution in [0.25, 0.3) is 0 Å². The summed E-state index contributed by atoms with van der Waals surface area (Å²) in [5.41, 5.74) is 0.682.